The zero-order valence-corrected chi connectivity index (χ0v) is 10.3. The van der Waals surface area contributed by atoms with Crippen molar-refractivity contribution >= 4 is 17.5 Å². The fraction of sp³-hybridized carbons (Fsp3) is 0.400. The molecule has 0 saturated carbocycles. The highest BCUT2D eigenvalue weighted by molar-refractivity contribution is 6.22. The van der Waals surface area contributed by atoms with Gasteiger partial charge in [-0.1, -0.05) is 0 Å². The van der Waals surface area contributed by atoms with Crippen LogP contribution in [0.2, 0.25) is 0 Å². The van der Waals surface area contributed by atoms with E-state index >= 15 is 0 Å². The number of carbonyl (C=O) groups excluding carboxylic acids is 1. The summed E-state index contributed by atoms with van der Waals surface area (Å²) < 4.78 is 51.4. The van der Waals surface area contributed by atoms with E-state index in [1.54, 1.807) is 6.92 Å². The molecule has 0 aromatic carbocycles. The fourth-order valence-electron chi connectivity index (χ4n) is 1.24. The van der Waals surface area contributed by atoms with Gasteiger partial charge in [0.1, 0.15) is 5.56 Å². The van der Waals surface area contributed by atoms with Gasteiger partial charge in [-0.25, -0.2) is 0 Å². The molecule has 9 heteroatoms. The Kier molecular flexibility index (Phi) is 4.24. The summed E-state index contributed by atoms with van der Waals surface area (Å²) in [6.45, 7) is 1.80. The molecule has 0 fully saturated rings. The predicted molar refractivity (Wildman–Crippen MR) is 59.8 cm³/mol. The topological polar surface area (TPSA) is 62.0 Å². The number of rotatable bonds is 4. The minimum atomic E-state index is -4.86. The quantitative estimate of drug-likeness (QED) is 0.660. The summed E-state index contributed by atoms with van der Waals surface area (Å²) in [6, 6.07) is 1.25. The van der Waals surface area contributed by atoms with E-state index in [0.29, 0.717) is 6.07 Å². The van der Waals surface area contributed by atoms with E-state index in [4.69, 9.17) is 0 Å². The van der Waals surface area contributed by atoms with Crippen LogP contribution in [0.25, 0.3) is 0 Å². The lowest BCUT2D eigenvalue weighted by Crippen LogP contribution is -2.36. The van der Waals surface area contributed by atoms with E-state index in [-0.39, 0.29) is 6.54 Å². The van der Waals surface area contributed by atoms with E-state index in [0.717, 1.165) is 6.07 Å². The van der Waals surface area contributed by atoms with Crippen LogP contribution < -0.4 is 10.9 Å². The molecule has 0 aliphatic heterocycles. The molecule has 0 aliphatic rings. The monoisotopic (exact) mass is 300 g/mol. The van der Waals surface area contributed by atoms with Crippen molar-refractivity contribution in [2.24, 2.45) is 0 Å². The predicted octanol–water partition coefficient (Wildman–Crippen LogP) is 2.05. The number of amides is 1. The standard InChI is InChI=1S/C10H9ClF4N2O2/c1-2-16-7(18)5-3-4-6(17-8(5)19)9(12,13)10(11,14)15/h3-4H,2H2,1H3,(H,16,18)(H,17,19). The summed E-state index contributed by atoms with van der Waals surface area (Å²) in [5.41, 5.74) is -3.03. The molecule has 2 N–H and O–H groups in total. The molecule has 106 valence electrons. The molecule has 1 rings (SSSR count). The number of aromatic nitrogens is 1. The van der Waals surface area contributed by atoms with Gasteiger partial charge in [0.2, 0.25) is 0 Å². The zero-order chi connectivity index (χ0) is 14.8. The molecule has 1 aromatic heterocycles. The average Bonchev–Trinajstić information content (AvgIpc) is 2.27. The first-order chi connectivity index (χ1) is 8.61. The molecule has 4 nitrogen and oxygen atoms in total. The third-order valence-electron chi connectivity index (χ3n) is 2.19. The number of H-pyrrole nitrogens is 1. The molecule has 0 bridgehead atoms. The van der Waals surface area contributed by atoms with Crippen LogP contribution in [0.3, 0.4) is 0 Å². The van der Waals surface area contributed by atoms with Crippen LogP contribution in [0.4, 0.5) is 17.6 Å². The average molecular weight is 301 g/mol. The minimum Gasteiger partial charge on any atom is -0.352 e. The Morgan fingerprint density at radius 2 is 1.95 bits per heavy atom. The summed E-state index contributed by atoms with van der Waals surface area (Å²) >= 11 is 4.28. The number of pyridine rings is 1. The molecule has 1 amide bonds. The van der Waals surface area contributed by atoms with Crippen LogP contribution in [-0.2, 0) is 5.92 Å². The minimum absolute atomic E-state index is 0.218. The Morgan fingerprint density at radius 1 is 1.37 bits per heavy atom. The number of carbonyl (C=O) groups is 1. The second-order valence-electron chi connectivity index (χ2n) is 3.55. The van der Waals surface area contributed by atoms with Crippen molar-refractivity contribution in [3.05, 3.63) is 33.7 Å². The number of hydrogen-bond acceptors (Lipinski definition) is 2. The van der Waals surface area contributed by atoms with Gasteiger partial charge in [0.25, 0.3) is 11.5 Å². The number of halogens is 5. The Balaban J connectivity index is 3.21. The second-order valence-corrected chi connectivity index (χ2v) is 4.02. The lowest BCUT2D eigenvalue weighted by atomic mass is 10.1. The molecule has 0 aliphatic carbocycles. The molecule has 0 atom stereocenters. The third kappa shape index (κ3) is 3.06. The number of aromatic amines is 1. The molecule has 0 saturated heterocycles. The number of hydrogen-bond donors (Lipinski definition) is 2. The highest BCUT2D eigenvalue weighted by Crippen LogP contribution is 2.44. The van der Waals surface area contributed by atoms with E-state index in [9.17, 15) is 27.2 Å². The molecule has 0 spiro atoms. The van der Waals surface area contributed by atoms with Crippen molar-refractivity contribution in [1.29, 1.82) is 0 Å². The first kappa shape index (κ1) is 15.5. The Bertz CT molecular complexity index is 539. The van der Waals surface area contributed by atoms with Crippen LogP contribution in [0, 0.1) is 0 Å². The Hall–Kier alpha value is -1.57. The SMILES string of the molecule is CCNC(=O)c1ccc(C(F)(F)C(F)(F)Cl)[nH]c1=O. The highest BCUT2D eigenvalue weighted by Gasteiger charge is 2.57. The van der Waals surface area contributed by atoms with Crippen LogP contribution >= 0.6 is 11.6 Å². The normalized spacial score (nSPS) is 12.3. The van der Waals surface area contributed by atoms with E-state index in [2.05, 4.69) is 16.9 Å². The van der Waals surface area contributed by atoms with Gasteiger partial charge in [0.15, 0.2) is 0 Å². The second kappa shape index (κ2) is 5.20. The Morgan fingerprint density at radius 3 is 2.37 bits per heavy atom. The van der Waals surface area contributed by atoms with Crippen molar-refractivity contribution in [3.8, 4) is 0 Å². The smallest absolute Gasteiger partial charge is 0.352 e. The van der Waals surface area contributed by atoms with E-state index in [1.165, 1.54) is 4.98 Å². The molecule has 1 aromatic rings. The molecule has 19 heavy (non-hydrogen) atoms. The Labute approximate surface area is 109 Å². The zero-order valence-electron chi connectivity index (χ0n) is 9.57. The summed E-state index contributed by atoms with van der Waals surface area (Å²) in [5, 5.41) is -2.59. The van der Waals surface area contributed by atoms with Crippen molar-refractivity contribution in [3.63, 3.8) is 0 Å². The summed E-state index contributed by atoms with van der Waals surface area (Å²) in [4.78, 5) is 24.3. The fourth-order valence-corrected chi connectivity index (χ4v) is 1.35. The summed E-state index contributed by atoms with van der Waals surface area (Å²) in [5.74, 6) is -5.55. The van der Waals surface area contributed by atoms with Gasteiger partial charge < -0.3 is 10.3 Å². The van der Waals surface area contributed by atoms with Crippen LogP contribution in [0.1, 0.15) is 23.0 Å². The maximum atomic E-state index is 13.2. The highest BCUT2D eigenvalue weighted by atomic mass is 35.5. The first-order valence-corrected chi connectivity index (χ1v) is 5.45. The van der Waals surface area contributed by atoms with Crippen molar-refractivity contribution in [1.82, 2.24) is 10.3 Å². The van der Waals surface area contributed by atoms with Crippen molar-refractivity contribution < 1.29 is 22.4 Å². The van der Waals surface area contributed by atoms with Gasteiger partial charge in [-0.05, 0) is 30.7 Å². The first-order valence-electron chi connectivity index (χ1n) is 5.07. The van der Waals surface area contributed by atoms with Crippen LogP contribution in [0.5, 0.6) is 0 Å². The summed E-state index contributed by atoms with van der Waals surface area (Å²) in [6.07, 6.45) is 0. The van der Waals surface area contributed by atoms with Crippen LogP contribution in [0.15, 0.2) is 16.9 Å². The molecule has 0 unspecified atom stereocenters. The molecular formula is C10H9ClF4N2O2. The maximum Gasteiger partial charge on any atom is 0.390 e. The lowest BCUT2D eigenvalue weighted by molar-refractivity contribution is -0.166. The van der Waals surface area contributed by atoms with Crippen molar-refractivity contribution in [2.75, 3.05) is 6.54 Å². The number of nitrogens with one attached hydrogen (secondary N) is 2. The summed E-state index contributed by atoms with van der Waals surface area (Å²) in [7, 11) is 0. The maximum absolute atomic E-state index is 13.2. The number of alkyl halides is 5. The van der Waals surface area contributed by atoms with Crippen LogP contribution in [-0.4, -0.2) is 22.8 Å². The van der Waals surface area contributed by atoms with Gasteiger partial charge in [-0.2, -0.15) is 17.6 Å². The van der Waals surface area contributed by atoms with Gasteiger partial charge in [-0.3, -0.25) is 9.59 Å². The molecule has 1 heterocycles. The van der Waals surface area contributed by atoms with Crippen molar-refractivity contribution in [2.45, 2.75) is 18.2 Å². The van der Waals surface area contributed by atoms with Gasteiger partial charge in [-0.15, -0.1) is 0 Å². The van der Waals surface area contributed by atoms with E-state index in [1.807, 2.05) is 0 Å². The van der Waals surface area contributed by atoms with E-state index < -0.39 is 34.0 Å². The lowest BCUT2D eigenvalue weighted by Gasteiger charge is -2.20. The largest absolute Gasteiger partial charge is 0.390 e. The van der Waals surface area contributed by atoms with Gasteiger partial charge in [0, 0.05) is 6.54 Å². The van der Waals surface area contributed by atoms with Gasteiger partial charge in [0.05, 0.1) is 5.69 Å². The third-order valence-corrected chi connectivity index (χ3v) is 2.42. The van der Waals surface area contributed by atoms with Gasteiger partial charge >= 0.3 is 11.3 Å². The molecule has 0 radical (unpaired) electrons. The molecular weight excluding hydrogens is 292 g/mol.